The van der Waals surface area contributed by atoms with E-state index < -0.39 is 0 Å². The molecule has 0 bridgehead atoms. The first-order valence-corrected chi connectivity index (χ1v) is 14.1. The summed E-state index contributed by atoms with van der Waals surface area (Å²) in [5, 5.41) is 22.8. The molecule has 1 aromatic rings. The number of phenols is 1. The fourth-order valence-corrected chi connectivity index (χ4v) is 7.13. The van der Waals surface area contributed by atoms with Crippen LogP contribution >= 0.6 is 0 Å². The molecule has 1 aromatic carbocycles. The molecule has 0 aromatic heterocycles. The number of aryl methyl sites for hydroxylation is 1. The smallest absolute Gasteiger partial charge is 0.138 e. The summed E-state index contributed by atoms with van der Waals surface area (Å²) in [4.78, 5) is 0. The van der Waals surface area contributed by atoms with E-state index in [9.17, 15) is 10.2 Å². The van der Waals surface area contributed by atoms with Crippen LogP contribution in [0.5, 0.6) is 5.75 Å². The van der Waals surface area contributed by atoms with Crippen LogP contribution < -0.4 is 5.32 Å². The Morgan fingerprint density at radius 3 is 2.32 bits per heavy atom. The Kier molecular flexibility index (Phi) is 12.4. The summed E-state index contributed by atoms with van der Waals surface area (Å²) in [6.07, 6.45) is 9.60. The standard InChI is InChI=1S/C13H19NO2.2C4H9.Sn/c1-9-6-7-13(16)11(8-9)14-10-4-2-3-5-12(10)15;2*1-3-4-2;/h6-8,10,12,14-16H,2-5H2,1H3;2*1,3-4H2,2H3;. The van der Waals surface area contributed by atoms with Crippen LogP contribution in [0.1, 0.15) is 70.8 Å². The molecular formula is C21H37NO2Sn. The third kappa shape index (κ3) is 9.74. The van der Waals surface area contributed by atoms with Gasteiger partial charge in [-0.15, -0.1) is 0 Å². The van der Waals surface area contributed by atoms with Crippen LogP contribution in [-0.2, 0) is 0 Å². The van der Waals surface area contributed by atoms with Gasteiger partial charge < -0.3 is 15.5 Å². The normalized spacial score (nSPS) is 19.8. The third-order valence-electron chi connectivity index (χ3n) is 4.64. The first kappa shape index (κ1) is 22.6. The van der Waals surface area contributed by atoms with E-state index in [0.717, 1.165) is 36.9 Å². The fourth-order valence-electron chi connectivity index (χ4n) is 2.97. The Morgan fingerprint density at radius 2 is 1.72 bits per heavy atom. The van der Waals surface area contributed by atoms with Crippen molar-refractivity contribution in [1.82, 2.24) is 0 Å². The van der Waals surface area contributed by atoms with Gasteiger partial charge in [-0.25, -0.2) is 0 Å². The van der Waals surface area contributed by atoms with E-state index in [1.54, 1.807) is 14.9 Å². The second kappa shape index (κ2) is 13.7. The van der Waals surface area contributed by atoms with Crippen molar-refractivity contribution in [2.24, 2.45) is 0 Å². The number of benzene rings is 1. The largest absolute Gasteiger partial charge is 0.506 e. The van der Waals surface area contributed by atoms with Crippen molar-refractivity contribution in [1.29, 1.82) is 0 Å². The second-order valence-corrected chi connectivity index (χ2v) is 11.4. The average Bonchev–Trinajstić information content (AvgIpc) is 2.61. The summed E-state index contributed by atoms with van der Waals surface area (Å²) in [6, 6.07) is 5.54. The van der Waals surface area contributed by atoms with E-state index in [2.05, 4.69) is 19.2 Å². The van der Waals surface area contributed by atoms with Gasteiger partial charge in [-0.1, -0.05) is 18.9 Å². The number of rotatable bonds is 8. The van der Waals surface area contributed by atoms with Crippen molar-refractivity contribution in [3.05, 3.63) is 23.8 Å². The molecule has 142 valence electrons. The van der Waals surface area contributed by atoms with Crippen molar-refractivity contribution in [2.45, 2.75) is 93.2 Å². The first-order valence-electron chi connectivity index (χ1n) is 10.0. The van der Waals surface area contributed by atoms with Gasteiger partial charge in [0.05, 0.1) is 17.8 Å². The van der Waals surface area contributed by atoms with Crippen LogP contribution in [0.2, 0.25) is 8.87 Å². The molecule has 0 spiro atoms. The Hall–Kier alpha value is -0.421. The number of hydrogen-bond acceptors (Lipinski definition) is 3. The number of nitrogens with one attached hydrogen (secondary N) is 1. The predicted octanol–water partition coefficient (Wildman–Crippen LogP) is 5.54. The van der Waals surface area contributed by atoms with E-state index in [4.69, 9.17) is 0 Å². The molecular weight excluding hydrogens is 417 g/mol. The topological polar surface area (TPSA) is 52.5 Å². The maximum atomic E-state index is 9.85. The summed E-state index contributed by atoms with van der Waals surface area (Å²) in [7, 11) is 0. The van der Waals surface area contributed by atoms with Crippen molar-refractivity contribution >= 4 is 26.8 Å². The molecule has 2 unspecified atom stereocenters. The Bertz CT molecular complexity index is 461. The van der Waals surface area contributed by atoms with Crippen LogP contribution in [0.25, 0.3) is 0 Å². The minimum absolute atomic E-state index is 0.0708. The number of aromatic hydroxyl groups is 1. The van der Waals surface area contributed by atoms with Gasteiger partial charge in [-0.05, 0) is 37.5 Å². The van der Waals surface area contributed by atoms with Gasteiger partial charge in [0, 0.05) is 0 Å². The molecule has 25 heavy (non-hydrogen) atoms. The number of aliphatic hydroxyl groups excluding tert-OH is 1. The predicted molar refractivity (Wildman–Crippen MR) is 110 cm³/mol. The van der Waals surface area contributed by atoms with E-state index >= 15 is 0 Å². The van der Waals surface area contributed by atoms with Gasteiger partial charge in [0.25, 0.3) is 0 Å². The molecule has 2 atom stereocenters. The molecule has 3 N–H and O–H groups in total. The second-order valence-electron chi connectivity index (χ2n) is 7.08. The van der Waals surface area contributed by atoms with Crippen molar-refractivity contribution in [3.63, 3.8) is 0 Å². The van der Waals surface area contributed by atoms with Gasteiger partial charge in [0.15, 0.2) is 0 Å². The van der Waals surface area contributed by atoms with Crippen LogP contribution in [0, 0.1) is 6.92 Å². The Labute approximate surface area is 164 Å². The van der Waals surface area contributed by atoms with Crippen LogP contribution in [0.3, 0.4) is 0 Å². The van der Waals surface area contributed by atoms with Crippen molar-refractivity contribution in [3.8, 4) is 5.75 Å². The molecule has 1 fully saturated rings. The molecule has 0 heterocycles. The summed E-state index contributed by atoms with van der Waals surface area (Å²) >= 11 is 0.149. The summed E-state index contributed by atoms with van der Waals surface area (Å²) in [6.45, 7) is 6.57. The quantitative estimate of drug-likeness (QED) is 0.275. The first-order chi connectivity index (χ1) is 12.1. The van der Waals surface area contributed by atoms with Crippen LogP contribution in [0.4, 0.5) is 5.69 Å². The Morgan fingerprint density at radius 1 is 1.08 bits per heavy atom. The number of unbranched alkanes of at least 4 members (excludes halogenated alkanes) is 2. The van der Waals surface area contributed by atoms with E-state index in [-0.39, 0.29) is 39.0 Å². The van der Waals surface area contributed by atoms with E-state index in [0.29, 0.717) is 0 Å². The fraction of sp³-hybridized carbons (Fsp3) is 0.714. The van der Waals surface area contributed by atoms with Gasteiger partial charge >= 0.3 is 69.5 Å². The minimum Gasteiger partial charge on any atom is -0.506 e. The van der Waals surface area contributed by atoms with Crippen LogP contribution in [-0.4, -0.2) is 43.5 Å². The monoisotopic (exact) mass is 455 g/mol. The van der Waals surface area contributed by atoms with Gasteiger partial charge in [-0.3, -0.25) is 0 Å². The number of phenolic OH excluding ortho intramolecular Hbond substituents is 1. The molecule has 1 aliphatic rings. The third-order valence-corrected chi connectivity index (χ3v) is 8.67. The summed E-state index contributed by atoms with van der Waals surface area (Å²) < 4.78 is 3.25. The molecule has 1 saturated carbocycles. The SMILES string of the molecule is CCC[CH2][Sn][CH2]CCC.Cc1ccc(O)c(NC2CCCCC2O)c1. The molecule has 2 rings (SSSR count). The number of hydrogen-bond donors (Lipinski definition) is 3. The van der Waals surface area contributed by atoms with Gasteiger partial charge in [0.2, 0.25) is 0 Å². The maximum absolute atomic E-state index is 9.85. The summed E-state index contributed by atoms with van der Waals surface area (Å²) in [5.41, 5.74) is 1.83. The van der Waals surface area contributed by atoms with Crippen molar-refractivity contribution in [2.75, 3.05) is 5.32 Å². The molecule has 3 nitrogen and oxygen atoms in total. The molecule has 0 aliphatic heterocycles. The molecule has 1 aliphatic carbocycles. The molecule has 2 radical (unpaired) electrons. The molecule has 0 amide bonds. The zero-order valence-electron chi connectivity index (χ0n) is 16.4. The molecule has 4 heteroatoms. The van der Waals surface area contributed by atoms with Gasteiger partial charge in [0.1, 0.15) is 5.75 Å². The minimum atomic E-state index is -0.298. The zero-order valence-corrected chi connectivity index (χ0v) is 19.2. The Balaban J connectivity index is 0.000000299. The van der Waals surface area contributed by atoms with E-state index in [1.165, 1.54) is 25.7 Å². The zero-order chi connectivity index (χ0) is 18.5. The number of aliphatic hydroxyl groups is 1. The van der Waals surface area contributed by atoms with Gasteiger partial charge in [-0.2, -0.15) is 0 Å². The van der Waals surface area contributed by atoms with E-state index in [1.807, 2.05) is 19.1 Å². The average molecular weight is 454 g/mol. The van der Waals surface area contributed by atoms with Crippen molar-refractivity contribution < 1.29 is 10.2 Å². The summed E-state index contributed by atoms with van der Waals surface area (Å²) in [5.74, 6) is 0.253. The number of anilines is 1. The maximum Gasteiger partial charge on any atom is 0.138 e. The van der Waals surface area contributed by atoms with Crippen LogP contribution in [0.15, 0.2) is 18.2 Å². The molecule has 0 saturated heterocycles.